The van der Waals surface area contributed by atoms with Gasteiger partial charge in [-0.3, -0.25) is 0 Å². The first-order chi connectivity index (χ1) is 5.35. The summed E-state index contributed by atoms with van der Waals surface area (Å²) in [5.74, 6) is 0.757. The van der Waals surface area contributed by atoms with Crippen LogP contribution < -0.4 is 5.73 Å². The van der Waals surface area contributed by atoms with Gasteiger partial charge in [0.2, 0.25) is 0 Å². The van der Waals surface area contributed by atoms with E-state index in [1.54, 1.807) is 0 Å². The lowest BCUT2D eigenvalue weighted by Gasteiger charge is -2.44. The van der Waals surface area contributed by atoms with E-state index in [9.17, 15) is 5.11 Å². The summed E-state index contributed by atoms with van der Waals surface area (Å²) in [5, 5.41) is 10.2. The van der Waals surface area contributed by atoms with Crippen LogP contribution >= 0.6 is 0 Å². The molecule has 0 aromatic carbocycles. The molecule has 3 N–H and O–H groups in total. The van der Waals surface area contributed by atoms with Crippen molar-refractivity contribution in [1.29, 1.82) is 0 Å². The predicted molar refractivity (Wildman–Crippen MR) is 50.8 cm³/mol. The molecule has 2 heteroatoms. The first-order valence-electron chi connectivity index (χ1n) is 4.86. The van der Waals surface area contributed by atoms with E-state index in [0.717, 1.165) is 31.6 Å². The molecule has 0 atom stereocenters. The zero-order valence-electron chi connectivity index (χ0n) is 8.43. The summed E-state index contributed by atoms with van der Waals surface area (Å²) in [6.45, 7) is 6.08. The largest absolute Gasteiger partial charge is 0.388 e. The molecule has 0 aromatic rings. The fraction of sp³-hybridized carbons (Fsp3) is 1.00. The summed E-state index contributed by atoms with van der Waals surface area (Å²) in [6.07, 6.45) is 3.93. The monoisotopic (exact) mass is 171 g/mol. The van der Waals surface area contributed by atoms with Crippen molar-refractivity contribution in [1.82, 2.24) is 0 Å². The normalized spacial score (nSPS) is 38.2. The van der Waals surface area contributed by atoms with Gasteiger partial charge in [-0.05, 0) is 45.4 Å². The Morgan fingerprint density at radius 2 is 1.75 bits per heavy atom. The van der Waals surface area contributed by atoms with Gasteiger partial charge in [-0.2, -0.15) is 0 Å². The van der Waals surface area contributed by atoms with Crippen LogP contribution in [0.1, 0.15) is 46.5 Å². The van der Waals surface area contributed by atoms with Gasteiger partial charge in [0.15, 0.2) is 0 Å². The SMILES string of the molecule is CC1CCC(O)(C(C)(C)N)CC1. The molecule has 1 fully saturated rings. The Morgan fingerprint density at radius 3 is 2.08 bits per heavy atom. The quantitative estimate of drug-likeness (QED) is 0.630. The second-order valence-electron chi connectivity index (χ2n) is 4.94. The molecule has 0 heterocycles. The molecule has 0 amide bonds. The number of hydrogen-bond donors (Lipinski definition) is 2. The van der Waals surface area contributed by atoms with E-state index in [1.165, 1.54) is 0 Å². The fourth-order valence-corrected chi connectivity index (χ4v) is 1.88. The molecule has 1 rings (SSSR count). The lowest BCUT2D eigenvalue weighted by molar-refractivity contribution is -0.0596. The van der Waals surface area contributed by atoms with E-state index in [-0.39, 0.29) is 0 Å². The molecule has 0 bridgehead atoms. The minimum atomic E-state index is -0.625. The van der Waals surface area contributed by atoms with E-state index in [4.69, 9.17) is 5.73 Å². The van der Waals surface area contributed by atoms with Crippen LogP contribution in [0.15, 0.2) is 0 Å². The molecule has 72 valence electrons. The van der Waals surface area contributed by atoms with Gasteiger partial charge in [-0.25, -0.2) is 0 Å². The third-order valence-corrected chi connectivity index (χ3v) is 3.30. The Balaban J connectivity index is 2.62. The summed E-state index contributed by atoms with van der Waals surface area (Å²) in [5.41, 5.74) is 4.86. The van der Waals surface area contributed by atoms with Crippen LogP contribution in [-0.4, -0.2) is 16.2 Å². The first kappa shape index (κ1) is 10.0. The summed E-state index contributed by atoms with van der Waals surface area (Å²) < 4.78 is 0. The van der Waals surface area contributed by atoms with Crippen LogP contribution in [0.25, 0.3) is 0 Å². The van der Waals surface area contributed by atoms with Gasteiger partial charge >= 0.3 is 0 Å². The predicted octanol–water partition coefficient (Wildman–Crippen LogP) is 1.66. The van der Waals surface area contributed by atoms with Gasteiger partial charge < -0.3 is 10.8 Å². The molecule has 1 saturated carbocycles. The van der Waals surface area contributed by atoms with E-state index < -0.39 is 11.1 Å². The van der Waals surface area contributed by atoms with Gasteiger partial charge in [0.25, 0.3) is 0 Å². The van der Waals surface area contributed by atoms with Crippen molar-refractivity contribution in [2.24, 2.45) is 11.7 Å². The topological polar surface area (TPSA) is 46.2 Å². The number of nitrogens with two attached hydrogens (primary N) is 1. The Bertz CT molecular complexity index is 152. The lowest BCUT2D eigenvalue weighted by atomic mass is 9.70. The van der Waals surface area contributed by atoms with Crippen LogP contribution in [0, 0.1) is 5.92 Å². The molecule has 1 aliphatic rings. The van der Waals surface area contributed by atoms with Crippen LogP contribution in [0.4, 0.5) is 0 Å². The Morgan fingerprint density at radius 1 is 1.33 bits per heavy atom. The zero-order valence-corrected chi connectivity index (χ0v) is 8.43. The van der Waals surface area contributed by atoms with Crippen LogP contribution in [0.5, 0.6) is 0 Å². The standard InChI is InChI=1S/C10H21NO/c1-8-4-6-10(12,7-5-8)9(2,3)11/h8,12H,4-7,11H2,1-3H3. The van der Waals surface area contributed by atoms with Crippen molar-refractivity contribution in [3.8, 4) is 0 Å². The molecule has 1 aliphatic carbocycles. The molecule has 0 unspecified atom stereocenters. The van der Waals surface area contributed by atoms with Crippen LogP contribution in [-0.2, 0) is 0 Å². The lowest BCUT2D eigenvalue weighted by Crippen LogP contribution is -2.57. The van der Waals surface area contributed by atoms with Gasteiger partial charge in [0.05, 0.1) is 5.60 Å². The second kappa shape index (κ2) is 3.00. The van der Waals surface area contributed by atoms with Crippen molar-refractivity contribution >= 4 is 0 Å². The van der Waals surface area contributed by atoms with Gasteiger partial charge in [-0.15, -0.1) is 0 Å². The van der Waals surface area contributed by atoms with E-state index in [2.05, 4.69) is 6.92 Å². The van der Waals surface area contributed by atoms with Crippen molar-refractivity contribution in [3.05, 3.63) is 0 Å². The fourth-order valence-electron chi connectivity index (χ4n) is 1.88. The molecule has 2 nitrogen and oxygen atoms in total. The van der Waals surface area contributed by atoms with Crippen LogP contribution in [0.2, 0.25) is 0 Å². The van der Waals surface area contributed by atoms with Crippen molar-refractivity contribution in [2.75, 3.05) is 0 Å². The second-order valence-corrected chi connectivity index (χ2v) is 4.94. The minimum absolute atomic E-state index is 0.451. The molecule has 12 heavy (non-hydrogen) atoms. The third-order valence-electron chi connectivity index (χ3n) is 3.30. The maximum Gasteiger partial charge on any atom is 0.0821 e. The third kappa shape index (κ3) is 1.80. The maximum atomic E-state index is 10.2. The van der Waals surface area contributed by atoms with Gasteiger partial charge in [0.1, 0.15) is 0 Å². The number of rotatable bonds is 1. The highest BCUT2D eigenvalue weighted by Gasteiger charge is 2.42. The van der Waals surface area contributed by atoms with Gasteiger partial charge in [0, 0.05) is 5.54 Å². The highest BCUT2D eigenvalue weighted by Crippen LogP contribution is 2.37. The minimum Gasteiger partial charge on any atom is -0.388 e. The molecule has 0 radical (unpaired) electrons. The molecule has 0 aromatic heterocycles. The summed E-state index contributed by atoms with van der Waals surface area (Å²) >= 11 is 0. The van der Waals surface area contributed by atoms with Gasteiger partial charge in [-0.1, -0.05) is 6.92 Å². The first-order valence-corrected chi connectivity index (χ1v) is 4.86. The summed E-state index contributed by atoms with van der Waals surface area (Å²) in [6, 6.07) is 0. The highest BCUT2D eigenvalue weighted by atomic mass is 16.3. The molecule has 0 spiro atoms. The van der Waals surface area contributed by atoms with E-state index in [1.807, 2.05) is 13.8 Å². The van der Waals surface area contributed by atoms with Crippen molar-refractivity contribution < 1.29 is 5.11 Å². The number of aliphatic hydroxyl groups is 1. The van der Waals surface area contributed by atoms with Crippen molar-refractivity contribution in [3.63, 3.8) is 0 Å². The Kier molecular flexibility index (Phi) is 2.50. The Labute approximate surface area is 75.2 Å². The molecule has 0 saturated heterocycles. The average molecular weight is 171 g/mol. The van der Waals surface area contributed by atoms with E-state index >= 15 is 0 Å². The van der Waals surface area contributed by atoms with Crippen LogP contribution in [0.3, 0.4) is 0 Å². The summed E-state index contributed by atoms with van der Waals surface area (Å²) in [4.78, 5) is 0. The number of hydrogen-bond acceptors (Lipinski definition) is 2. The Hall–Kier alpha value is -0.0800. The molecular formula is C10H21NO. The average Bonchev–Trinajstić information content (AvgIpc) is 1.93. The van der Waals surface area contributed by atoms with Crippen molar-refractivity contribution in [2.45, 2.75) is 57.6 Å². The molecule has 0 aliphatic heterocycles. The smallest absolute Gasteiger partial charge is 0.0821 e. The van der Waals surface area contributed by atoms with E-state index in [0.29, 0.717) is 0 Å². The zero-order chi connectivity index (χ0) is 9.41. The summed E-state index contributed by atoms with van der Waals surface area (Å²) in [7, 11) is 0. The maximum absolute atomic E-state index is 10.2. The highest BCUT2D eigenvalue weighted by molar-refractivity contribution is 4.99. The molecular weight excluding hydrogens is 150 g/mol.